The summed E-state index contributed by atoms with van der Waals surface area (Å²) in [6, 6.07) is 1.28. The first-order chi connectivity index (χ1) is 11.3. The number of H-pyrrole nitrogens is 1. The summed E-state index contributed by atoms with van der Waals surface area (Å²) in [6.07, 6.45) is -1.13. The van der Waals surface area contributed by atoms with E-state index in [1.54, 1.807) is 6.20 Å². The van der Waals surface area contributed by atoms with E-state index in [1.807, 2.05) is 0 Å². The molecule has 10 heteroatoms. The van der Waals surface area contributed by atoms with Crippen LogP contribution in [-0.4, -0.2) is 21.2 Å². The molecule has 0 radical (unpaired) electrons. The molecule has 6 nitrogen and oxygen atoms in total. The smallest absolute Gasteiger partial charge is 0.376 e. The number of halogens is 4. The van der Waals surface area contributed by atoms with E-state index in [9.17, 15) is 23.3 Å². The van der Waals surface area contributed by atoms with Crippen LogP contribution in [0.5, 0.6) is 0 Å². The molecule has 2 N–H and O–H groups in total. The van der Waals surface area contributed by atoms with Gasteiger partial charge in [-0.3, -0.25) is 15.2 Å². The molecule has 0 saturated heterocycles. The third-order valence-corrected chi connectivity index (χ3v) is 4.28. The summed E-state index contributed by atoms with van der Waals surface area (Å²) >= 11 is 5.67. The van der Waals surface area contributed by atoms with E-state index in [0.717, 1.165) is 17.3 Å². The maximum atomic E-state index is 12.9. The van der Waals surface area contributed by atoms with Gasteiger partial charge in [0.15, 0.2) is 0 Å². The minimum atomic E-state index is -4.75. The largest absolute Gasteiger partial charge is 0.418 e. The Morgan fingerprint density at radius 3 is 2.83 bits per heavy atom. The molecule has 1 aromatic carbocycles. The number of benzene rings is 1. The Hall–Kier alpha value is -2.29. The number of anilines is 1. The predicted octanol–water partition coefficient (Wildman–Crippen LogP) is 3.96. The van der Waals surface area contributed by atoms with Crippen molar-refractivity contribution in [2.75, 3.05) is 5.32 Å². The summed E-state index contributed by atoms with van der Waals surface area (Å²) in [5, 5.41) is 20.3. The first-order valence-electron chi connectivity index (χ1n) is 7.08. The summed E-state index contributed by atoms with van der Waals surface area (Å²) in [4.78, 5) is 10.3. The number of nitrogens with one attached hydrogen (secondary N) is 2. The molecule has 1 aromatic heterocycles. The normalized spacial score (nSPS) is 17.4. The van der Waals surface area contributed by atoms with Gasteiger partial charge in [0, 0.05) is 17.8 Å². The quantitative estimate of drug-likeness (QED) is 0.641. The zero-order valence-corrected chi connectivity index (χ0v) is 12.9. The maximum Gasteiger partial charge on any atom is 0.418 e. The SMILES string of the molecule is O=[N+]([O-])c1cc(C(F)(F)F)c(Cl)cc1NC1CCc2[nH]ncc2C1. The van der Waals surface area contributed by atoms with Crippen LogP contribution < -0.4 is 5.32 Å². The predicted molar refractivity (Wildman–Crippen MR) is 81.1 cm³/mol. The van der Waals surface area contributed by atoms with Crippen molar-refractivity contribution in [3.63, 3.8) is 0 Å². The van der Waals surface area contributed by atoms with Crippen molar-refractivity contribution >= 4 is 23.0 Å². The van der Waals surface area contributed by atoms with Crippen LogP contribution in [0, 0.1) is 10.1 Å². The monoisotopic (exact) mass is 360 g/mol. The highest BCUT2D eigenvalue weighted by Crippen LogP contribution is 2.40. The summed E-state index contributed by atoms with van der Waals surface area (Å²) < 4.78 is 38.6. The number of alkyl halides is 3. The first kappa shape index (κ1) is 16.6. The van der Waals surface area contributed by atoms with Crippen molar-refractivity contribution < 1.29 is 18.1 Å². The third kappa shape index (κ3) is 3.16. The number of aromatic nitrogens is 2. The molecule has 0 amide bonds. The van der Waals surface area contributed by atoms with Gasteiger partial charge in [-0.2, -0.15) is 18.3 Å². The molecular formula is C14H12ClF3N4O2. The van der Waals surface area contributed by atoms with Gasteiger partial charge in [0.05, 0.1) is 21.7 Å². The fourth-order valence-corrected chi connectivity index (χ4v) is 3.08. The zero-order chi connectivity index (χ0) is 17.5. The molecule has 0 spiro atoms. The Balaban J connectivity index is 1.90. The Bertz CT molecular complexity index is 791. The molecule has 128 valence electrons. The van der Waals surface area contributed by atoms with Gasteiger partial charge in [0.2, 0.25) is 0 Å². The number of nitro benzene ring substituents is 1. The van der Waals surface area contributed by atoms with Crippen LogP contribution in [0.15, 0.2) is 18.3 Å². The number of fused-ring (bicyclic) bond motifs is 1. The molecule has 2 aromatic rings. The van der Waals surface area contributed by atoms with E-state index in [4.69, 9.17) is 11.6 Å². The van der Waals surface area contributed by atoms with Crippen molar-refractivity contribution in [2.45, 2.75) is 31.5 Å². The van der Waals surface area contributed by atoms with Gasteiger partial charge in [0.1, 0.15) is 5.69 Å². The van der Waals surface area contributed by atoms with Gasteiger partial charge >= 0.3 is 6.18 Å². The third-order valence-electron chi connectivity index (χ3n) is 3.96. The summed E-state index contributed by atoms with van der Waals surface area (Å²) in [6.45, 7) is 0. The Kier molecular flexibility index (Phi) is 4.12. The molecule has 1 heterocycles. The van der Waals surface area contributed by atoms with Crippen molar-refractivity contribution in [3.05, 3.63) is 50.3 Å². The number of rotatable bonds is 3. The summed E-state index contributed by atoms with van der Waals surface area (Å²) in [5.74, 6) is 0. The average Bonchev–Trinajstić information content (AvgIpc) is 2.93. The second kappa shape index (κ2) is 5.97. The summed E-state index contributed by atoms with van der Waals surface area (Å²) in [5.41, 5.74) is 0.106. The minimum absolute atomic E-state index is 0.0186. The lowest BCUT2D eigenvalue weighted by Crippen LogP contribution is -2.27. The molecule has 0 bridgehead atoms. The fourth-order valence-electron chi connectivity index (χ4n) is 2.81. The van der Waals surface area contributed by atoms with Gasteiger partial charge in [-0.25, -0.2) is 0 Å². The molecule has 0 saturated carbocycles. The van der Waals surface area contributed by atoms with Crippen molar-refractivity contribution in [2.24, 2.45) is 0 Å². The first-order valence-corrected chi connectivity index (χ1v) is 7.46. The molecule has 0 aliphatic heterocycles. The summed E-state index contributed by atoms with van der Waals surface area (Å²) in [7, 11) is 0. The van der Waals surface area contributed by atoms with E-state index in [0.29, 0.717) is 25.3 Å². The Labute approximate surface area is 139 Å². The van der Waals surface area contributed by atoms with Crippen LogP contribution >= 0.6 is 11.6 Å². The molecule has 1 aliphatic carbocycles. The second-order valence-electron chi connectivity index (χ2n) is 5.56. The van der Waals surface area contributed by atoms with Crippen LogP contribution in [0.2, 0.25) is 5.02 Å². The minimum Gasteiger partial charge on any atom is -0.376 e. The van der Waals surface area contributed by atoms with Crippen LogP contribution in [0.4, 0.5) is 24.5 Å². The Morgan fingerprint density at radius 1 is 1.42 bits per heavy atom. The molecule has 0 fully saturated rings. The average molecular weight is 361 g/mol. The van der Waals surface area contributed by atoms with Gasteiger partial charge in [-0.05, 0) is 30.9 Å². The number of aryl methyl sites for hydroxylation is 1. The van der Waals surface area contributed by atoms with E-state index in [1.165, 1.54) is 0 Å². The van der Waals surface area contributed by atoms with Crippen LogP contribution in [0.1, 0.15) is 23.2 Å². The standard InChI is InChI=1S/C14H12ClF3N4O2/c15-10-5-12(13(22(23)24)4-9(10)14(16,17)18)20-8-1-2-11-7(3-8)6-19-21-11/h4-6,8,20H,1-3H2,(H,19,21). The number of nitro groups is 1. The number of hydrogen-bond donors (Lipinski definition) is 2. The molecule has 1 aliphatic rings. The van der Waals surface area contributed by atoms with E-state index in [-0.39, 0.29) is 11.7 Å². The molecule has 1 unspecified atom stereocenters. The second-order valence-corrected chi connectivity index (χ2v) is 5.97. The maximum absolute atomic E-state index is 12.9. The van der Waals surface area contributed by atoms with E-state index >= 15 is 0 Å². The van der Waals surface area contributed by atoms with Gasteiger partial charge in [0.25, 0.3) is 5.69 Å². The molecule has 3 rings (SSSR count). The van der Waals surface area contributed by atoms with Crippen molar-refractivity contribution in [1.82, 2.24) is 10.2 Å². The Morgan fingerprint density at radius 2 is 2.17 bits per heavy atom. The van der Waals surface area contributed by atoms with Gasteiger partial charge in [-0.1, -0.05) is 11.6 Å². The number of nitrogens with zero attached hydrogens (tertiary/aromatic N) is 2. The highest BCUT2D eigenvalue weighted by atomic mass is 35.5. The highest BCUT2D eigenvalue weighted by Gasteiger charge is 2.36. The molecule has 24 heavy (non-hydrogen) atoms. The lowest BCUT2D eigenvalue weighted by molar-refractivity contribution is -0.384. The van der Waals surface area contributed by atoms with Gasteiger partial charge < -0.3 is 5.32 Å². The number of hydrogen-bond acceptors (Lipinski definition) is 4. The lowest BCUT2D eigenvalue weighted by Gasteiger charge is -2.24. The van der Waals surface area contributed by atoms with E-state index < -0.39 is 27.4 Å². The van der Waals surface area contributed by atoms with Crippen molar-refractivity contribution in [1.29, 1.82) is 0 Å². The number of aromatic amines is 1. The molecular weight excluding hydrogens is 349 g/mol. The lowest BCUT2D eigenvalue weighted by atomic mass is 9.93. The van der Waals surface area contributed by atoms with Crippen LogP contribution in [0.3, 0.4) is 0 Å². The van der Waals surface area contributed by atoms with Crippen molar-refractivity contribution in [3.8, 4) is 0 Å². The van der Waals surface area contributed by atoms with Crippen LogP contribution in [-0.2, 0) is 19.0 Å². The zero-order valence-electron chi connectivity index (χ0n) is 12.2. The topological polar surface area (TPSA) is 83.9 Å². The fraction of sp³-hybridized carbons (Fsp3) is 0.357. The highest BCUT2D eigenvalue weighted by molar-refractivity contribution is 6.31. The molecule has 1 atom stereocenters. The van der Waals surface area contributed by atoms with Crippen LogP contribution in [0.25, 0.3) is 0 Å². The van der Waals surface area contributed by atoms with Gasteiger partial charge in [-0.15, -0.1) is 0 Å². The van der Waals surface area contributed by atoms with E-state index in [2.05, 4.69) is 15.5 Å².